The fourth-order valence-corrected chi connectivity index (χ4v) is 14.3. The monoisotopic (exact) mass is 349 g/mol. The maximum absolute atomic E-state index is 2.50. The lowest BCUT2D eigenvalue weighted by molar-refractivity contribution is 1.62. The lowest BCUT2D eigenvalue weighted by Gasteiger charge is -2.32. The van der Waals surface area contributed by atoms with Crippen molar-refractivity contribution in [1.29, 1.82) is 0 Å². The van der Waals surface area contributed by atoms with Crippen LogP contribution in [-0.4, -0.2) is 13.9 Å². The quantitative estimate of drug-likeness (QED) is 0.456. The van der Waals surface area contributed by atoms with Gasteiger partial charge in [0.05, 0.1) is 13.9 Å². The highest BCUT2D eigenvalue weighted by atomic mass is 31.2. The molecule has 0 aromatic heterocycles. The van der Waals surface area contributed by atoms with Crippen LogP contribution in [0.25, 0.3) is 0 Å². The molecule has 3 aromatic rings. The van der Waals surface area contributed by atoms with Crippen molar-refractivity contribution in [3.63, 3.8) is 0 Å². The van der Waals surface area contributed by atoms with Gasteiger partial charge in [0.25, 0.3) is 0 Å². The Labute approximate surface area is 147 Å². The molecule has 0 heterocycles. The van der Waals surface area contributed by atoms with Crippen LogP contribution in [0.3, 0.4) is 0 Å². The summed E-state index contributed by atoms with van der Waals surface area (Å²) >= 11 is 0. The lowest BCUT2D eigenvalue weighted by atomic mass is 10.4. The second-order valence-electron chi connectivity index (χ2n) is 7.54. The fraction of sp³-hybridized carbons (Fsp3) is 0.182. The maximum Gasteiger partial charge on any atom is 0.108 e. The molecule has 0 unspecified atom stereocenters. The minimum Gasteiger partial charge on any atom is -0.0663 e. The molecule has 0 bridgehead atoms. The van der Waals surface area contributed by atoms with Crippen molar-refractivity contribution in [1.82, 2.24) is 0 Å². The van der Waals surface area contributed by atoms with Crippen molar-refractivity contribution >= 4 is 31.2 Å². The highest BCUT2D eigenvalue weighted by Gasteiger charge is 2.48. The molecule has 0 saturated carbocycles. The zero-order valence-corrected chi connectivity index (χ0v) is 16.7. The summed E-state index contributed by atoms with van der Waals surface area (Å²) in [6.45, 7) is 7.49. The average Bonchev–Trinajstić information content (AvgIpc) is 2.61. The Hall–Kier alpha value is -1.69. The van der Waals surface area contributed by atoms with E-state index in [2.05, 4.69) is 111 Å². The molecule has 24 heavy (non-hydrogen) atoms. The molecule has 0 amide bonds. The van der Waals surface area contributed by atoms with Gasteiger partial charge in [-0.25, -0.2) is 0 Å². The summed E-state index contributed by atoms with van der Waals surface area (Å²) in [5.74, 6) is 1.30. The van der Waals surface area contributed by atoms with E-state index in [1.54, 1.807) is 0 Å². The largest absolute Gasteiger partial charge is 0.108 e. The molecule has 0 N–H and O–H groups in total. The molecule has 0 nitrogen and oxygen atoms in total. The molecule has 0 aliphatic carbocycles. The van der Waals surface area contributed by atoms with Crippen LogP contribution < -0.4 is 15.9 Å². The molecule has 2 heteroatoms. The first-order chi connectivity index (χ1) is 11.5. The van der Waals surface area contributed by atoms with E-state index in [1.165, 1.54) is 21.7 Å². The van der Waals surface area contributed by atoms with E-state index in [0.717, 1.165) is 0 Å². The Bertz CT molecular complexity index is 665. The molecule has 3 rings (SSSR count). The summed E-state index contributed by atoms with van der Waals surface area (Å²) < 4.78 is 0. The summed E-state index contributed by atoms with van der Waals surface area (Å²) in [5, 5.41) is 4.51. The molecular weight excluding hydrogens is 323 g/mol. The van der Waals surface area contributed by atoms with E-state index in [4.69, 9.17) is 0 Å². The van der Waals surface area contributed by atoms with Gasteiger partial charge < -0.3 is 0 Å². The predicted octanol–water partition coefficient (Wildman–Crippen LogP) is 4.86. The zero-order valence-electron chi connectivity index (χ0n) is 14.8. The zero-order chi connectivity index (χ0) is 17.0. The van der Waals surface area contributed by atoms with Crippen molar-refractivity contribution in [2.45, 2.75) is 19.6 Å². The third-order valence-electron chi connectivity index (χ3n) is 4.30. The summed E-state index contributed by atoms with van der Waals surface area (Å²) in [5.41, 5.74) is 0. The van der Waals surface area contributed by atoms with Gasteiger partial charge in [0.2, 0.25) is 0 Å². The second-order valence-corrected chi connectivity index (χ2v) is 17.1. The molecular formula is C22H26PSi+. The first-order valence-corrected chi connectivity index (χ1v) is 14.3. The van der Waals surface area contributed by atoms with Gasteiger partial charge in [-0.1, -0.05) is 74.2 Å². The van der Waals surface area contributed by atoms with Crippen molar-refractivity contribution < 1.29 is 0 Å². The summed E-state index contributed by atoms with van der Waals surface area (Å²) in [6.07, 6.45) is 0. The smallest absolute Gasteiger partial charge is 0.0663 e. The van der Waals surface area contributed by atoms with E-state index >= 15 is 0 Å². The summed E-state index contributed by atoms with van der Waals surface area (Å²) in [6, 6.07) is 33.6. The molecule has 0 saturated heterocycles. The number of benzene rings is 3. The van der Waals surface area contributed by atoms with Crippen molar-refractivity contribution in [2.24, 2.45) is 0 Å². The third kappa shape index (κ3) is 3.53. The van der Waals surface area contributed by atoms with Crippen molar-refractivity contribution in [2.75, 3.05) is 5.79 Å². The van der Waals surface area contributed by atoms with Crippen molar-refractivity contribution in [3.8, 4) is 0 Å². The van der Waals surface area contributed by atoms with E-state index < -0.39 is 15.3 Å². The molecule has 0 atom stereocenters. The van der Waals surface area contributed by atoms with Gasteiger partial charge in [-0.2, -0.15) is 0 Å². The van der Waals surface area contributed by atoms with Crippen LogP contribution in [-0.2, 0) is 0 Å². The van der Waals surface area contributed by atoms with E-state index in [1.807, 2.05) is 0 Å². The van der Waals surface area contributed by atoms with Crippen LogP contribution in [0.4, 0.5) is 0 Å². The van der Waals surface area contributed by atoms with Gasteiger partial charge in [0.15, 0.2) is 0 Å². The summed E-state index contributed by atoms with van der Waals surface area (Å²) in [4.78, 5) is 0. The predicted molar refractivity (Wildman–Crippen MR) is 113 cm³/mol. The van der Waals surface area contributed by atoms with Crippen molar-refractivity contribution in [3.05, 3.63) is 91.0 Å². The normalized spacial score (nSPS) is 12.1. The van der Waals surface area contributed by atoms with Crippen LogP contribution in [0.2, 0.25) is 19.6 Å². The molecule has 0 aliphatic rings. The second kappa shape index (κ2) is 7.05. The van der Waals surface area contributed by atoms with Crippen LogP contribution in [0.15, 0.2) is 91.0 Å². The third-order valence-corrected chi connectivity index (χ3v) is 13.5. The summed E-state index contributed by atoms with van der Waals surface area (Å²) in [7, 11) is -2.90. The van der Waals surface area contributed by atoms with Crippen LogP contribution >= 0.6 is 7.26 Å². The molecule has 0 fully saturated rings. The lowest BCUT2D eigenvalue weighted by Crippen LogP contribution is -2.41. The first kappa shape index (κ1) is 17.1. The van der Waals surface area contributed by atoms with Crippen LogP contribution in [0.5, 0.6) is 0 Å². The first-order valence-electron chi connectivity index (χ1n) is 8.57. The van der Waals surface area contributed by atoms with Gasteiger partial charge in [-0.3, -0.25) is 0 Å². The Morgan fingerprint density at radius 1 is 0.542 bits per heavy atom. The van der Waals surface area contributed by atoms with Crippen LogP contribution in [0.1, 0.15) is 0 Å². The SMILES string of the molecule is C[Si](C)(C)C[P+](c1ccccc1)(c1ccccc1)c1ccccc1. The Kier molecular flexibility index (Phi) is 5.03. The van der Waals surface area contributed by atoms with E-state index in [-0.39, 0.29) is 0 Å². The molecule has 0 spiro atoms. The topological polar surface area (TPSA) is 0 Å². The number of rotatable bonds is 5. The minimum atomic E-state index is -1.61. The van der Waals surface area contributed by atoms with Gasteiger partial charge in [-0.05, 0) is 36.4 Å². The van der Waals surface area contributed by atoms with E-state index in [9.17, 15) is 0 Å². The fourth-order valence-electron chi connectivity index (χ4n) is 3.48. The Morgan fingerprint density at radius 2 is 0.833 bits per heavy atom. The van der Waals surface area contributed by atoms with E-state index in [0.29, 0.717) is 0 Å². The number of hydrogen-bond acceptors (Lipinski definition) is 0. The minimum absolute atomic E-state index is 1.29. The maximum atomic E-state index is 2.50. The molecule has 3 aromatic carbocycles. The average molecular weight is 350 g/mol. The van der Waals surface area contributed by atoms with Crippen LogP contribution in [0, 0.1) is 0 Å². The highest BCUT2D eigenvalue weighted by Crippen LogP contribution is 2.56. The Morgan fingerprint density at radius 3 is 1.08 bits per heavy atom. The molecule has 0 aliphatic heterocycles. The highest BCUT2D eigenvalue weighted by molar-refractivity contribution is 7.97. The number of hydrogen-bond donors (Lipinski definition) is 0. The Balaban J connectivity index is 2.33. The van der Waals surface area contributed by atoms with Gasteiger partial charge in [0.1, 0.15) is 23.2 Å². The van der Waals surface area contributed by atoms with Gasteiger partial charge in [-0.15, -0.1) is 0 Å². The molecule has 0 radical (unpaired) electrons. The molecule has 122 valence electrons. The standard InChI is InChI=1S/C22H26PSi/c1-24(2,3)19-23(20-13-7-4-8-14-20,21-15-9-5-10-16-21)22-17-11-6-12-18-22/h4-18H,19H2,1-3H3/q+1. The van der Waals surface area contributed by atoms with Gasteiger partial charge >= 0.3 is 0 Å². The van der Waals surface area contributed by atoms with Gasteiger partial charge in [0, 0.05) is 0 Å².